The Balaban J connectivity index is 2.21. The molecule has 1 fully saturated rings. The number of hydrogen-bond donors (Lipinski definition) is 1. The van der Waals surface area contributed by atoms with E-state index >= 15 is 0 Å². The van der Waals surface area contributed by atoms with Crippen LogP contribution in [-0.4, -0.2) is 10.1 Å². The Morgan fingerprint density at radius 1 is 1.12 bits per heavy atom. The molecule has 17 heavy (non-hydrogen) atoms. The van der Waals surface area contributed by atoms with Gasteiger partial charge in [0.15, 0.2) is 0 Å². The zero-order valence-corrected chi connectivity index (χ0v) is 11.2. The maximum atomic E-state index is 10.8. The molecule has 2 heteroatoms. The molecule has 1 atom stereocenters. The fraction of sp³-hybridized carbons (Fsp3) is 0.667. The molecular formula is C15H23NO. The van der Waals surface area contributed by atoms with Crippen molar-refractivity contribution in [2.24, 2.45) is 5.41 Å². The first-order valence-corrected chi connectivity index (χ1v) is 6.57. The minimum atomic E-state index is -0.658. The van der Waals surface area contributed by atoms with Gasteiger partial charge in [0.05, 0.1) is 5.60 Å². The van der Waals surface area contributed by atoms with Crippen molar-refractivity contribution in [3.8, 4) is 0 Å². The van der Waals surface area contributed by atoms with Gasteiger partial charge >= 0.3 is 0 Å². The van der Waals surface area contributed by atoms with E-state index in [1.165, 1.54) is 6.42 Å². The van der Waals surface area contributed by atoms with E-state index in [0.717, 1.165) is 36.9 Å². The highest BCUT2D eigenvalue weighted by Gasteiger charge is 2.35. The average Bonchev–Trinajstić information content (AvgIpc) is 2.40. The number of rotatable bonds is 1. The molecule has 0 radical (unpaired) electrons. The van der Waals surface area contributed by atoms with Crippen LogP contribution in [0.4, 0.5) is 0 Å². The molecule has 0 spiro atoms. The highest BCUT2D eigenvalue weighted by molar-refractivity contribution is 5.21. The second kappa shape index (κ2) is 4.41. The molecule has 1 heterocycles. The fourth-order valence-corrected chi connectivity index (χ4v) is 2.69. The summed E-state index contributed by atoms with van der Waals surface area (Å²) in [5.74, 6) is 0. The Morgan fingerprint density at radius 2 is 1.88 bits per heavy atom. The third-order valence-electron chi connectivity index (χ3n) is 4.11. The second-order valence-corrected chi connectivity index (χ2v) is 6.24. The lowest BCUT2D eigenvalue weighted by molar-refractivity contribution is 0.0177. The van der Waals surface area contributed by atoms with E-state index in [9.17, 15) is 5.11 Å². The summed E-state index contributed by atoms with van der Waals surface area (Å²) in [4.78, 5) is 4.31. The minimum Gasteiger partial charge on any atom is -0.385 e. The van der Waals surface area contributed by atoms with E-state index < -0.39 is 5.60 Å². The van der Waals surface area contributed by atoms with Gasteiger partial charge in [-0.1, -0.05) is 19.9 Å². The van der Waals surface area contributed by atoms with Gasteiger partial charge in [-0.3, -0.25) is 4.98 Å². The molecule has 1 aromatic rings. The van der Waals surface area contributed by atoms with Gasteiger partial charge in [0, 0.05) is 17.5 Å². The Hall–Kier alpha value is -0.890. The summed E-state index contributed by atoms with van der Waals surface area (Å²) in [6.45, 7) is 6.57. The number of aliphatic hydroxyl groups is 1. The Bertz CT molecular complexity index is 382. The summed E-state index contributed by atoms with van der Waals surface area (Å²) < 4.78 is 0. The minimum absolute atomic E-state index is 0.364. The molecule has 1 unspecified atom stereocenters. The average molecular weight is 233 g/mol. The molecular weight excluding hydrogens is 210 g/mol. The number of aromatic nitrogens is 1. The molecule has 1 aliphatic rings. The second-order valence-electron chi connectivity index (χ2n) is 6.24. The number of pyridine rings is 1. The van der Waals surface area contributed by atoms with E-state index in [2.05, 4.69) is 18.8 Å². The lowest BCUT2D eigenvalue weighted by Crippen LogP contribution is -2.25. The Kier molecular flexibility index (Phi) is 3.26. The first kappa shape index (κ1) is 12.6. The van der Waals surface area contributed by atoms with Crippen molar-refractivity contribution in [2.45, 2.75) is 58.5 Å². The van der Waals surface area contributed by atoms with Crippen LogP contribution in [0.2, 0.25) is 0 Å². The Labute approximate surface area is 104 Å². The van der Waals surface area contributed by atoms with Crippen molar-refractivity contribution in [3.05, 3.63) is 29.6 Å². The van der Waals surface area contributed by atoms with Crippen molar-refractivity contribution in [2.75, 3.05) is 0 Å². The molecule has 0 saturated heterocycles. The third-order valence-corrected chi connectivity index (χ3v) is 4.11. The van der Waals surface area contributed by atoms with Gasteiger partial charge in [-0.25, -0.2) is 0 Å². The van der Waals surface area contributed by atoms with Crippen molar-refractivity contribution in [1.82, 2.24) is 4.98 Å². The molecule has 1 saturated carbocycles. The normalized spacial score (nSPS) is 28.7. The van der Waals surface area contributed by atoms with Crippen LogP contribution >= 0.6 is 0 Å². The lowest BCUT2D eigenvalue weighted by atomic mass is 9.83. The summed E-state index contributed by atoms with van der Waals surface area (Å²) in [5, 5.41) is 10.8. The highest BCUT2D eigenvalue weighted by atomic mass is 16.3. The van der Waals surface area contributed by atoms with Crippen molar-refractivity contribution >= 4 is 0 Å². The molecule has 0 bridgehead atoms. The lowest BCUT2D eigenvalue weighted by Gasteiger charge is -2.28. The van der Waals surface area contributed by atoms with Crippen LogP contribution in [0.5, 0.6) is 0 Å². The van der Waals surface area contributed by atoms with Gasteiger partial charge in [-0.2, -0.15) is 0 Å². The van der Waals surface area contributed by atoms with Crippen LogP contribution in [0, 0.1) is 12.3 Å². The van der Waals surface area contributed by atoms with E-state index in [1.54, 1.807) is 0 Å². The van der Waals surface area contributed by atoms with Crippen LogP contribution in [0.15, 0.2) is 18.3 Å². The van der Waals surface area contributed by atoms with Crippen LogP contribution < -0.4 is 0 Å². The largest absolute Gasteiger partial charge is 0.385 e. The fourth-order valence-electron chi connectivity index (χ4n) is 2.69. The molecule has 1 N–H and O–H groups in total. The van der Waals surface area contributed by atoms with Crippen molar-refractivity contribution in [1.29, 1.82) is 0 Å². The third kappa shape index (κ3) is 2.86. The topological polar surface area (TPSA) is 33.1 Å². The monoisotopic (exact) mass is 233 g/mol. The zero-order valence-electron chi connectivity index (χ0n) is 11.2. The van der Waals surface area contributed by atoms with Crippen LogP contribution in [-0.2, 0) is 5.60 Å². The molecule has 2 nitrogen and oxygen atoms in total. The van der Waals surface area contributed by atoms with Crippen LogP contribution in [0.25, 0.3) is 0 Å². The molecule has 0 amide bonds. The molecule has 0 aliphatic heterocycles. The number of nitrogens with zero attached hydrogens (tertiary/aromatic N) is 1. The van der Waals surface area contributed by atoms with Gasteiger partial charge in [0.2, 0.25) is 0 Å². The quantitative estimate of drug-likeness (QED) is 0.752. The van der Waals surface area contributed by atoms with Gasteiger partial charge < -0.3 is 5.11 Å². The summed E-state index contributed by atoms with van der Waals surface area (Å²) in [7, 11) is 0. The maximum Gasteiger partial charge on any atom is 0.0911 e. The van der Waals surface area contributed by atoms with Gasteiger partial charge in [-0.05, 0) is 50.5 Å². The molecule has 1 aliphatic carbocycles. The van der Waals surface area contributed by atoms with E-state index in [4.69, 9.17) is 0 Å². The van der Waals surface area contributed by atoms with Crippen molar-refractivity contribution in [3.63, 3.8) is 0 Å². The maximum absolute atomic E-state index is 10.8. The van der Waals surface area contributed by atoms with E-state index in [-0.39, 0.29) is 0 Å². The first-order valence-electron chi connectivity index (χ1n) is 6.57. The Morgan fingerprint density at radius 3 is 2.53 bits per heavy atom. The van der Waals surface area contributed by atoms with Gasteiger partial charge in [0.1, 0.15) is 0 Å². The molecule has 94 valence electrons. The SMILES string of the molecule is Cc1ccc(C2(O)CCCC(C)(C)CC2)cn1. The highest BCUT2D eigenvalue weighted by Crippen LogP contribution is 2.42. The zero-order chi connectivity index (χ0) is 12.5. The standard InChI is InChI=1S/C15H23NO/c1-12-5-6-13(11-16-12)15(17)8-4-7-14(2,3)9-10-15/h5-6,11,17H,4,7-10H2,1-3H3. The first-order chi connectivity index (χ1) is 7.91. The molecule has 1 aromatic heterocycles. The predicted molar refractivity (Wildman–Crippen MR) is 69.7 cm³/mol. The number of hydrogen-bond acceptors (Lipinski definition) is 2. The summed E-state index contributed by atoms with van der Waals surface area (Å²) in [6, 6.07) is 4.02. The van der Waals surface area contributed by atoms with Crippen LogP contribution in [0.1, 0.15) is 57.2 Å². The van der Waals surface area contributed by atoms with Crippen molar-refractivity contribution < 1.29 is 5.11 Å². The summed E-state index contributed by atoms with van der Waals surface area (Å²) in [5.41, 5.74) is 1.70. The smallest absolute Gasteiger partial charge is 0.0911 e. The molecule has 0 aromatic carbocycles. The number of aryl methyl sites for hydroxylation is 1. The van der Waals surface area contributed by atoms with Gasteiger partial charge in [-0.15, -0.1) is 0 Å². The van der Waals surface area contributed by atoms with Crippen LogP contribution in [0.3, 0.4) is 0 Å². The summed E-state index contributed by atoms with van der Waals surface area (Å²) >= 11 is 0. The molecule has 2 rings (SSSR count). The predicted octanol–water partition coefficient (Wildman–Crippen LogP) is 3.57. The van der Waals surface area contributed by atoms with E-state index in [0.29, 0.717) is 5.41 Å². The van der Waals surface area contributed by atoms with Gasteiger partial charge in [0.25, 0.3) is 0 Å². The van der Waals surface area contributed by atoms with E-state index in [1.807, 2.05) is 25.3 Å². The summed E-state index contributed by atoms with van der Waals surface area (Å²) in [6.07, 6.45) is 6.93.